The van der Waals surface area contributed by atoms with Crippen LogP contribution in [0.4, 0.5) is 0 Å². The molecule has 0 rings (SSSR count). The molecule has 0 heterocycles. The second-order valence-electron chi connectivity index (χ2n) is 9.83. The van der Waals surface area contributed by atoms with Crippen LogP contribution in [-0.4, -0.2) is 44.3 Å². The molecule has 210 valence electrons. The smallest absolute Gasteiger partial charge is 0.329 e. The Morgan fingerprint density at radius 1 is 0.714 bits per heavy atom. The van der Waals surface area contributed by atoms with Crippen molar-refractivity contribution in [3.8, 4) is 0 Å². The molecule has 0 bridgehead atoms. The molecule has 0 fully saturated rings. The van der Waals surface area contributed by atoms with Crippen molar-refractivity contribution < 1.29 is 23.5 Å². The third kappa shape index (κ3) is 28.2. The van der Waals surface area contributed by atoms with Crippen LogP contribution >= 0.6 is 8.60 Å². The van der Waals surface area contributed by atoms with Crippen molar-refractivity contribution in [1.29, 1.82) is 0 Å². The monoisotopic (exact) mass is 519 g/mol. The van der Waals surface area contributed by atoms with Gasteiger partial charge in [0.05, 0.1) is 13.2 Å². The van der Waals surface area contributed by atoms with Crippen LogP contribution in [0.1, 0.15) is 142 Å². The van der Waals surface area contributed by atoms with Crippen molar-refractivity contribution in [3.05, 3.63) is 0 Å². The fourth-order valence-electron chi connectivity index (χ4n) is 4.30. The molecule has 35 heavy (non-hydrogen) atoms. The zero-order chi connectivity index (χ0) is 25.7. The summed E-state index contributed by atoms with van der Waals surface area (Å²) >= 11 is 0. The van der Waals surface area contributed by atoms with Gasteiger partial charge in [-0.2, -0.15) is 0 Å². The maximum absolute atomic E-state index is 10.7. The normalized spacial score (nSPS) is 13.1. The first-order chi connectivity index (χ1) is 17.2. The topological polar surface area (TPSA) is 77.0 Å². The Kier molecular flexibility index (Phi) is 29.7. The van der Waals surface area contributed by atoms with Gasteiger partial charge in [0, 0.05) is 0 Å². The number of unbranched alkanes of at least 4 members (excludes halogenated alkanes) is 18. The fourth-order valence-corrected chi connectivity index (χ4v) is 4.95. The minimum absolute atomic E-state index is 0.187. The molecule has 0 aromatic carbocycles. The SMILES string of the molecule is CCCCCCCCCCCCCCCCCCCCCC(COP(O)OCCCNC)OC=O. The van der Waals surface area contributed by atoms with Gasteiger partial charge in [-0.15, -0.1) is 0 Å². The van der Waals surface area contributed by atoms with Gasteiger partial charge in [-0.3, -0.25) is 4.79 Å². The number of hydrogen-bond donors (Lipinski definition) is 2. The quantitative estimate of drug-likeness (QED) is 0.0566. The van der Waals surface area contributed by atoms with Gasteiger partial charge in [0.25, 0.3) is 6.47 Å². The summed E-state index contributed by atoms with van der Waals surface area (Å²) in [7, 11) is -0.0303. The molecule has 2 unspecified atom stereocenters. The summed E-state index contributed by atoms with van der Waals surface area (Å²) in [5, 5.41) is 3.02. The zero-order valence-electron chi connectivity index (χ0n) is 23.2. The van der Waals surface area contributed by atoms with E-state index in [4.69, 9.17) is 13.8 Å². The van der Waals surface area contributed by atoms with Gasteiger partial charge in [0.2, 0.25) is 0 Å². The molecule has 0 aliphatic carbocycles. The first-order valence-corrected chi connectivity index (χ1v) is 15.9. The number of carbonyl (C=O) groups excluding carboxylic acids is 1. The van der Waals surface area contributed by atoms with Gasteiger partial charge in [-0.1, -0.05) is 122 Å². The van der Waals surface area contributed by atoms with Crippen LogP contribution in [0, 0.1) is 0 Å². The standard InChI is InChI=1S/C28H58NO5P/c1-3-4-5-6-7-8-9-10-11-12-13-14-15-16-17-18-19-20-21-23-28(32-27-30)26-34-35(31)33-25-22-24-29-2/h27-29,31H,3-26H2,1-2H3. The molecular formula is C28H58NO5P. The van der Waals surface area contributed by atoms with E-state index in [9.17, 15) is 9.69 Å². The van der Waals surface area contributed by atoms with Gasteiger partial charge >= 0.3 is 8.60 Å². The van der Waals surface area contributed by atoms with Crippen LogP contribution in [-0.2, 0) is 18.6 Å². The fraction of sp³-hybridized carbons (Fsp3) is 0.964. The highest BCUT2D eigenvalue weighted by atomic mass is 31.2. The molecule has 0 aliphatic rings. The molecule has 0 aromatic heterocycles. The van der Waals surface area contributed by atoms with E-state index in [0.717, 1.165) is 32.2 Å². The lowest BCUT2D eigenvalue weighted by Gasteiger charge is -2.17. The number of rotatable bonds is 30. The molecule has 0 aromatic rings. The highest BCUT2D eigenvalue weighted by Crippen LogP contribution is 2.33. The second-order valence-corrected chi connectivity index (χ2v) is 10.8. The third-order valence-electron chi connectivity index (χ3n) is 6.52. The molecule has 0 amide bonds. The summed E-state index contributed by atoms with van der Waals surface area (Å²) in [6, 6.07) is 0. The summed E-state index contributed by atoms with van der Waals surface area (Å²) in [5.41, 5.74) is 0. The minimum Gasteiger partial charge on any atom is -0.462 e. The maximum atomic E-state index is 10.7. The molecule has 2 N–H and O–H groups in total. The molecule has 0 saturated carbocycles. The second kappa shape index (κ2) is 30.0. The Hall–Kier alpha value is -0.260. The number of carbonyl (C=O) groups is 1. The highest BCUT2D eigenvalue weighted by Gasteiger charge is 2.14. The van der Waals surface area contributed by atoms with Crippen LogP contribution in [0.2, 0.25) is 0 Å². The Balaban J connectivity index is 3.39. The predicted octanol–water partition coefficient (Wildman–Crippen LogP) is 8.21. The van der Waals surface area contributed by atoms with Crippen molar-refractivity contribution in [2.24, 2.45) is 0 Å². The van der Waals surface area contributed by atoms with Crippen molar-refractivity contribution in [2.75, 3.05) is 26.8 Å². The van der Waals surface area contributed by atoms with Crippen LogP contribution in [0.3, 0.4) is 0 Å². The molecule has 0 saturated heterocycles. The molecule has 0 spiro atoms. The average molecular weight is 520 g/mol. The van der Waals surface area contributed by atoms with Crippen molar-refractivity contribution in [1.82, 2.24) is 5.32 Å². The van der Waals surface area contributed by atoms with E-state index in [1.807, 2.05) is 7.05 Å². The summed E-state index contributed by atoms with van der Waals surface area (Å²) in [6.45, 7) is 4.22. The number of hydrogen-bond acceptors (Lipinski definition) is 6. The van der Waals surface area contributed by atoms with Crippen LogP contribution in [0.15, 0.2) is 0 Å². The Morgan fingerprint density at radius 2 is 1.17 bits per heavy atom. The van der Waals surface area contributed by atoms with E-state index in [1.54, 1.807) is 0 Å². The summed E-state index contributed by atoms with van der Waals surface area (Å²) in [5.74, 6) is 0. The molecule has 7 heteroatoms. The van der Waals surface area contributed by atoms with E-state index < -0.39 is 8.60 Å². The predicted molar refractivity (Wildman–Crippen MR) is 149 cm³/mol. The number of nitrogens with one attached hydrogen (secondary N) is 1. The lowest BCUT2D eigenvalue weighted by atomic mass is 10.0. The Bertz CT molecular complexity index is 417. The van der Waals surface area contributed by atoms with E-state index in [0.29, 0.717) is 13.1 Å². The van der Waals surface area contributed by atoms with Crippen LogP contribution < -0.4 is 5.32 Å². The third-order valence-corrected chi connectivity index (χ3v) is 7.29. The van der Waals surface area contributed by atoms with Crippen LogP contribution in [0.25, 0.3) is 0 Å². The van der Waals surface area contributed by atoms with Crippen molar-refractivity contribution >= 4 is 15.1 Å². The lowest BCUT2D eigenvalue weighted by molar-refractivity contribution is -0.135. The minimum atomic E-state index is -1.91. The Labute approximate surface area is 218 Å². The van der Waals surface area contributed by atoms with Crippen molar-refractivity contribution in [3.63, 3.8) is 0 Å². The zero-order valence-corrected chi connectivity index (χ0v) is 24.0. The van der Waals surface area contributed by atoms with Crippen molar-refractivity contribution in [2.45, 2.75) is 148 Å². The summed E-state index contributed by atoms with van der Waals surface area (Å²) < 4.78 is 15.7. The van der Waals surface area contributed by atoms with E-state index in [1.165, 1.54) is 109 Å². The van der Waals surface area contributed by atoms with Gasteiger partial charge in [-0.05, 0) is 32.9 Å². The van der Waals surface area contributed by atoms with Gasteiger partial charge < -0.3 is 24.0 Å². The maximum Gasteiger partial charge on any atom is 0.329 e. The molecular weight excluding hydrogens is 461 g/mol. The molecule has 6 nitrogen and oxygen atoms in total. The molecule has 0 radical (unpaired) electrons. The summed E-state index contributed by atoms with van der Waals surface area (Å²) in [6.07, 6.45) is 27.1. The van der Waals surface area contributed by atoms with Gasteiger partial charge in [-0.25, -0.2) is 0 Å². The first kappa shape index (κ1) is 34.7. The van der Waals surface area contributed by atoms with E-state index >= 15 is 0 Å². The van der Waals surface area contributed by atoms with Crippen LogP contribution in [0.5, 0.6) is 0 Å². The molecule has 0 aliphatic heterocycles. The Morgan fingerprint density at radius 3 is 1.60 bits per heavy atom. The lowest BCUT2D eigenvalue weighted by Crippen LogP contribution is -2.18. The average Bonchev–Trinajstić information content (AvgIpc) is 2.86. The van der Waals surface area contributed by atoms with E-state index in [2.05, 4.69) is 12.2 Å². The number of ether oxygens (including phenoxy) is 1. The van der Waals surface area contributed by atoms with Gasteiger partial charge in [0.15, 0.2) is 0 Å². The largest absolute Gasteiger partial charge is 0.462 e. The first-order valence-electron chi connectivity index (χ1n) is 14.7. The molecule has 2 atom stereocenters. The van der Waals surface area contributed by atoms with Gasteiger partial charge in [0.1, 0.15) is 6.10 Å². The van der Waals surface area contributed by atoms with E-state index in [-0.39, 0.29) is 12.7 Å². The highest BCUT2D eigenvalue weighted by molar-refractivity contribution is 7.40. The summed E-state index contributed by atoms with van der Waals surface area (Å²) in [4.78, 5) is 20.5.